The number of rotatable bonds is 10. The molecule has 34 heavy (non-hydrogen) atoms. The van der Waals surface area contributed by atoms with Gasteiger partial charge in [0.05, 0.1) is 31.3 Å². The van der Waals surface area contributed by atoms with Gasteiger partial charge in [-0.05, 0) is 48.6 Å². The van der Waals surface area contributed by atoms with E-state index >= 15 is 0 Å². The number of amides is 1. The molecule has 180 valence electrons. The first kappa shape index (κ1) is 24.8. The van der Waals surface area contributed by atoms with E-state index in [0.29, 0.717) is 35.4 Å². The summed E-state index contributed by atoms with van der Waals surface area (Å²) in [7, 11) is 1.54. The van der Waals surface area contributed by atoms with Crippen molar-refractivity contribution in [1.29, 1.82) is 0 Å². The number of nitrogens with zero attached hydrogens (tertiary/aromatic N) is 3. The van der Waals surface area contributed by atoms with Crippen LogP contribution in [0.4, 0.5) is 5.69 Å². The normalized spacial score (nSPS) is 10.8. The zero-order chi connectivity index (χ0) is 24.7. The molecule has 0 aliphatic rings. The molecule has 0 aliphatic heterocycles. The average Bonchev–Trinajstić information content (AvgIpc) is 3.21. The first-order chi connectivity index (χ1) is 16.3. The van der Waals surface area contributed by atoms with Crippen LogP contribution in [0.3, 0.4) is 0 Å². The van der Waals surface area contributed by atoms with E-state index in [1.54, 1.807) is 42.3 Å². The first-order valence-corrected chi connectivity index (χ1v) is 11.1. The lowest BCUT2D eigenvalue weighted by Gasteiger charge is -2.14. The number of benzene rings is 1. The highest BCUT2D eigenvalue weighted by Crippen LogP contribution is 2.37. The maximum absolute atomic E-state index is 11.4. The molecule has 2 aromatic heterocycles. The Hall–Kier alpha value is -3.88. The van der Waals surface area contributed by atoms with Gasteiger partial charge in [-0.2, -0.15) is 5.10 Å². The van der Waals surface area contributed by atoms with Crippen molar-refractivity contribution >= 4 is 17.6 Å². The summed E-state index contributed by atoms with van der Waals surface area (Å²) in [6, 6.07) is 8.78. The van der Waals surface area contributed by atoms with E-state index in [4.69, 9.17) is 19.3 Å². The highest BCUT2D eigenvalue weighted by Gasteiger charge is 2.16. The number of carbonyl (C=O) groups is 2. The summed E-state index contributed by atoms with van der Waals surface area (Å²) in [6.07, 6.45) is 5.05. The Kier molecular flexibility index (Phi) is 8.24. The minimum atomic E-state index is -0.425. The number of hydrogen-bond donors (Lipinski definition) is 1. The van der Waals surface area contributed by atoms with Gasteiger partial charge in [-0.15, -0.1) is 0 Å². The topological polar surface area (TPSA) is 105 Å². The van der Waals surface area contributed by atoms with Crippen LogP contribution in [0, 0.1) is 0 Å². The molecule has 0 fully saturated rings. The first-order valence-electron chi connectivity index (χ1n) is 11.1. The molecule has 3 rings (SSSR count). The van der Waals surface area contributed by atoms with Crippen molar-refractivity contribution < 1.29 is 23.8 Å². The SMILES string of the molecule is COc1cccc(OC(C)=O)c1OCCCc1cn(-c2ccc(NC(C)=O)cn2)nc1C(C)C. The lowest BCUT2D eigenvalue weighted by Crippen LogP contribution is -2.07. The minimum absolute atomic E-state index is 0.145. The molecule has 0 spiro atoms. The van der Waals surface area contributed by atoms with E-state index in [1.807, 2.05) is 12.3 Å². The van der Waals surface area contributed by atoms with Gasteiger partial charge >= 0.3 is 5.97 Å². The van der Waals surface area contributed by atoms with Crippen molar-refractivity contribution in [1.82, 2.24) is 14.8 Å². The molecule has 0 aliphatic carbocycles. The van der Waals surface area contributed by atoms with Gasteiger partial charge in [-0.1, -0.05) is 19.9 Å². The summed E-state index contributed by atoms with van der Waals surface area (Å²) in [5.41, 5.74) is 2.73. The second-order valence-electron chi connectivity index (χ2n) is 8.06. The summed E-state index contributed by atoms with van der Waals surface area (Å²) in [6.45, 7) is 7.40. The predicted octanol–water partition coefficient (Wildman–Crippen LogP) is 4.29. The second-order valence-corrected chi connectivity index (χ2v) is 8.06. The number of hydrogen-bond acceptors (Lipinski definition) is 7. The molecule has 9 nitrogen and oxygen atoms in total. The van der Waals surface area contributed by atoms with Gasteiger partial charge in [-0.3, -0.25) is 9.59 Å². The molecule has 0 bridgehead atoms. The Morgan fingerprint density at radius 1 is 1.12 bits per heavy atom. The molecular formula is C25H30N4O5. The number of carbonyl (C=O) groups excluding carboxylic acids is 2. The number of methoxy groups -OCH3 is 1. The number of aryl methyl sites for hydroxylation is 1. The van der Waals surface area contributed by atoms with E-state index in [-0.39, 0.29) is 11.8 Å². The number of anilines is 1. The Bertz CT molecular complexity index is 1140. The van der Waals surface area contributed by atoms with Gasteiger partial charge < -0.3 is 19.5 Å². The van der Waals surface area contributed by atoms with E-state index in [2.05, 4.69) is 24.1 Å². The Labute approximate surface area is 199 Å². The van der Waals surface area contributed by atoms with Crippen LogP contribution in [0.25, 0.3) is 5.82 Å². The van der Waals surface area contributed by atoms with E-state index < -0.39 is 5.97 Å². The van der Waals surface area contributed by atoms with Gasteiger partial charge in [0.1, 0.15) is 0 Å². The highest BCUT2D eigenvalue weighted by atomic mass is 16.6. The standard InChI is InChI=1S/C25H30N4O5/c1-16(2)24-19(15-29(28-24)23-12-11-20(14-26-23)27-17(3)30)8-7-13-33-25-21(32-5)9-6-10-22(25)34-18(4)31/h6,9-12,14-16H,7-8,13H2,1-5H3,(H,27,30). The molecule has 1 N–H and O–H groups in total. The van der Waals surface area contributed by atoms with Crippen molar-refractivity contribution in [2.75, 3.05) is 19.0 Å². The van der Waals surface area contributed by atoms with Gasteiger partial charge in [0, 0.05) is 20.0 Å². The van der Waals surface area contributed by atoms with Crippen LogP contribution in [-0.4, -0.2) is 40.4 Å². The van der Waals surface area contributed by atoms with Crippen LogP contribution in [0.2, 0.25) is 0 Å². The Balaban J connectivity index is 1.69. The van der Waals surface area contributed by atoms with Crippen molar-refractivity contribution in [3.05, 3.63) is 54.0 Å². The smallest absolute Gasteiger partial charge is 0.308 e. The van der Waals surface area contributed by atoms with Crippen molar-refractivity contribution in [2.24, 2.45) is 0 Å². The quantitative estimate of drug-likeness (QED) is 0.270. The lowest BCUT2D eigenvalue weighted by atomic mass is 10.0. The third-order valence-corrected chi connectivity index (χ3v) is 4.93. The third kappa shape index (κ3) is 6.34. The van der Waals surface area contributed by atoms with E-state index in [0.717, 1.165) is 24.1 Å². The summed E-state index contributed by atoms with van der Waals surface area (Å²) in [5.74, 6) is 1.57. The number of aromatic nitrogens is 3. The maximum atomic E-state index is 11.4. The van der Waals surface area contributed by atoms with Crippen LogP contribution in [0.5, 0.6) is 17.2 Å². The Morgan fingerprint density at radius 3 is 2.50 bits per heavy atom. The number of esters is 1. The molecule has 0 radical (unpaired) electrons. The van der Waals surface area contributed by atoms with Gasteiger partial charge in [0.2, 0.25) is 11.7 Å². The highest BCUT2D eigenvalue weighted by molar-refractivity contribution is 5.88. The largest absolute Gasteiger partial charge is 0.493 e. The second kappa shape index (κ2) is 11.3. The summed E-state index contributed by atoms with van der Waals surface area (Å²) in [4.78, 5) is 27.0. The lowest BCUT2D eigenvalue weighted by molar-refractivity contribution is -0.132. The molecule has 0 atom stereocenters. The van der Waals surface area contributed by atoms with Crippen LogP contribution >= 0.6 is 0 Å². The Morgan fingerprint density at radius 2 is 1.88 bits per heavy atom. The number of ether oxygens (including phenoxy) is 3. The summed E-state index contributed by atoms with van der Waals surface area (Å²) in [5, 5.41) is 7.44. The van der Waals surface area contributed by atoms with Crippen LogP contribution in [0.1, 0.15) is 51.3 Å². The van der Waals surface area contributed by atoms with Gasteiger partial charge in [0.15, 0.2) is 17.3 Å². The molecular weight excluding hydrogens is 436 g/mol. The zero-order valence-electron chi connectivity index (χ0n) is 20.1. The zero-order valence-corrected chi connectivity index (χ0v) is 20.1. The summed E-state index contributed by atoms with van der Waals surface area (Å²) >= 11 is 0. The fourth-order valence-corrected chi connectivity index (χ4v) is 3.49. The van der Waals surface area contributed by atoms with E-state index in [9.17, 15) is 9.59 Å². The predicted molar refractivity (Wildman–Crippen MR) is 128 cm³/mol. The molecule has 0 saturated carbocycles. The molecule has 2 heterocycles. The van der Waals surface area contributed by atoms with Crippen LogP contribution in [-0.2, 0) is 16.0 Å². The molecule has 1 amide bonds. The minimum Gasteiger partial charge on any atom is -0.493 e. The molecule has 0 unspecified atom stereocenters. The molecule has 3 aromatic rings. The number of nitrogens with one attached hydrogen (secondary N) is 1. The van der Waals surface area contributed by atoms with Crippen molar-refractivity contribution in [3.63, 3.8) is 0 Å². The van der Waals surface area contributed by atoms with Crippen LogP contribution < -0.4 is 19.5 Å². The van der Waals surface area contributed by atoms with Crippen molar-refractivity contribution in [3.8, 4) is 23.1 Å². The van der Waals surface area contributed by atoms with Crippen molar-refractivity contribution in [2.45, 2.75) is 46.5 Å². The molecule has 0 saturated heterocycles. The molecule has 1 aromatic carbocycles. The number of para-hydroxylation sites is 1. The van der Waals surface area contributed by atoms with Gasteiger partial charge in [-0.25, -0.2) is 9.67 Å². The average molecular weight is 467 g/mol. The fraction of sp³-hybridized carbons (Fsp3) is 0.360. The summed E-state index contributed by atoms with van der Waals surface area (Å²) < 4.78 is 18.3. The number of pyridine rings is 1. The van der Waals surface area contributed by atoms with Crippen LogP contribution in [0.15, 0.2) is 42.7 Å². The maximum Gasteiger partial charge on any atom is 0.308 e. The monoisotopic (exact) mass is 466 g/mol. The van der Waals surface area contributed by atoms with Gasteiger partial charge in [0.25, 0.3) is 0 Å². The molecule has 9 heteroatoms. The van der Waals surface area contributed by atoms with E-state index in [1.165, 1.54) is 13.8 Å². The fourth-order valence-electron chi connectivity index (χ4n) is 3.49. The third-order valence-electron chi connectivity index (χ3n) is 4.93.